The Labute approximate surface area is 103 Å². The minimum absolute atomic E-state index is 0.111. The molecule has 0 atom stereocenters. The Morgan fingerprint density at radius 3 is 2.76 bits per heavy atom. The molecule has 2 heterocycles. The molecular weight excluding hydrogens is 214 g/mol. The van der Waals surface area contributed by atoms with Gasteiger partial charge in [0.2, 0.25) is 6.20 Å². The molecule has 4 nitrogen and oxygen atoms in total. The first kappa shape index (κ1) is 12.1. The van der Waals surface area contributed by atoms with Crippen LogP contribution in [0, 0.1) is 5.92 Å². The van der Waals surface area contributed by atoms with Gasteiger partial charge in [0.25, 0.3) is 0 Å². The second-order valence-corrected chi connectivity index (χ2v) is 5.32. The minimum atomic E-state index is 0.111. The Morgan fingerprint density at radius 1 is 1.47 bits per heavy atom. The zero-order valence-corrected chi connectivity index (χ0v) is 11.2. The van der Waals surface area contributed by atoms with Crippen LogP contribution in [-0.4, -0.2) is 17.0 Å². The maximum absolute atomic E-state index is 11.8. The molecule has 0 spiro atoms. The number of hydrogen-bond donors (Lipinski definition) is 1. The molecule has 17 heavy (non-hydrogen) atoms. The molecule has 0 saturated carbocycles. The molecule has 1 aromatic rings. The SMILES string of the molecule is CC(C)C(=O)Cc1c[n+](C(C)C)n2c1NCC2. The predicted octanol–water partition coefficient (Wildman–Crippen LogP) is 1.55. The standard InChI is InChI=1S/C13H21N3O/c1-9(2)12(17)7-11-8-16(10(3)4)15-6-5-14-13(11)15/h8-10H,5-7H2,1-4H3/p+1. The van der Waals surface area contributed by atoms with E-state index in [4.69, 9.17) is 0 Å². The smallest absolute Gasteiger partial charge is 0.201 e. The van der Waals surface area contributed by atoms with Gasteiger partial charge < -0.3 is 5.32 Å². The second kappa shape index (κ2) is 4.51. The first-order valence-electron chi connectivity index (χ1n) is 6.41. The lowest BCUT2D eigenvalue weighted by molar-refractivity contribution is -0.790. The topological polar surface area (TPSA) is 37.9 Å². The van der Waals surface area contributed by atoms with Crippen LogP contribution in [0.1, 0.15) is 39.3 Å². The van der Waals surface area contributed by atoms with Crippen LogP contribution in [0.4, 0.5) is 5.82 Å². The van der Waals surface area contributed by atoms with Gasteiger partial charge in [0.15, 0.2) is 11.9 Å². The highest BCUT2D eigenvalue weighted by atomic mass is 16.1. The van der Waals surface area contributed by atoms with E-state index in [1.165, 1.54) is 0 Å². The molecule has 0 saturated heterocycles. The van der Waals surface area contributed by atoms with E-state index in [0.29, 0.717) is 18.2 Å². The van der Waals surface area contributed by atoms with E-state index in [1.807, 2.05) is 13.8 Å². The van der Waals surface area contributed by atoms with Crippen molar-refractivity contribution in [2.24, 2.45) is 5.92 Å². The first-order chi connectivity index (χ1) is 8.00. The van der Waals surface area contributed by atoms with E-state index in [0.717, 1.165) is 24.5 Å². The number of hydrogen-bond acceptors (Lipinski definition) is 2. The number of carbonyl (C=O) groups excluding carboxylic acids is 1. The van der Waals surface area contributed by atoms with Gasteiger partial charge in [-0.2, -0.15) is 0 Å². The number of rotatable bonds is 4. The predicted molar refractivity (Wildman–Crippen MR) is 67.1 cm³/mol. The summed E-state index contributed by atoms with van der Waals surface area (Å²) in [6.45, 7) is 10.2. The van der Waals surface area contributed by atoms with Gasteiger partial charge in [0.1, 0.15) is 5.78 Å². The molecule has 1 N–H and O–H groups in total. The van der Waals surface area contributed by atoms with Crippen LogP contribution in [0.2, 0.25) is 0 Å². The fourth-order valence-electron chi connectivity index (χ4n) is 2.23. The summed E-state index contributed by atoms with van der Waals surface area (Å²) in [7, 11) is 0. The van der Waals surface area contributed by atoms with E-state index in [-0.39, 0.29) is 5.92 Å². The Bertz CT molecular complexity index is 432. The quantitative estimate of drug-likeness (QED) is 0.805. The van der Waals surface area contributed by atoms with Gasteiger partial charge >= 0.3 is 0 Å². The summed E-state index contributed by atoms with van der Waals surface area (Å²) in [5.41, 5.74) is 1.13. The maximum atomic E-state index is 11.8. The second-order valence-electron chi connectivity index (χ2n) is 5.32. The Hall–Kier alpha value is -1.32. The third kappa shape index (κ3) is 2.21. The Morgan fingerprint density at radius 2 is 2.18 bits per heavy atom. The lowest BCUT2D eigenvalue weighted by Crippen LogP contribution is -2.43. The van der Waals surface area contributed by atoms with Gasteiger partial charge in [-0.15, -0.1) is 9.36 Å². The number of ketones is 1. The first-order valence-corrected chi connectivity index (χ1v) is 6.41. The number of nitrogens with zero attached hydrogens (tertiary/aromatic N) is 2. The van der Waals surface area contributed by atoms with Crippen LogP contribution >= 0.6 is 0 Å². The highest BCUT2D eigenvalue weighted by molar-refractivity contribution is 5.83. The molecule has 2 rings (SSSR count). The van der Waals surface area contributed by atoms with Gasteiger partial charge in [-0.3, -0.25) is 4.79 Å². The van der Waals surface area contributed by atoms with Crippen molar-refractivity contribution in [3.63, 3.8) is 0 Å². The summed E-state index contributed by atoms with van der Waals surface area (Å²) in [4.78, 5) is 11.8. The van der Waals surface area contributed by atoms with E-state index >= 15 is 0 Å². The number of anilines is 1. The van der Waals surface area contributed by atoms with E-state index in [2.05, 4.69) is 34.7 Å². The fraction of sp³-hybridized carbons (Fsp3) is 0.692. The zero-order valence-electron chi connectivity index (χ0n) is 11.2. The maximum Gasteiger partial charge on any atom is 0.201 e. The van der Waals surface area contributed by atoms with E-state index in [9.17, 15) is 4.79 Å². The van der Waals surface area contributed by atoms with E-state index in [1.54, 1.807) is 0 Å². The molecule has 1 aliphatic rings. The lowest BCUT2D eigenvalue weighted by Gasteiger charge is -2.01. The van der Waals surface area contributed by atoms with Crippen LogP contribution < -0.4 is 10.00 Å². The van der Waals surface area contributed by atoms with Crippen molar-refractivity contribution in [1.82, 2.24) is 4.68 Å². The highest BCUT2D eigenvalue weighted by Crippen LogP contribution is 2.21. The summed E-state index contributed by atoms with van der Waals surface area (Å²) in [5.74, 6) is 1.55. The molecule has 1 aliphatic heterocycles. The van der Waals surface area contributed by atoms with Crippen LogP contribution in [0.15, 0.2) is 6.20 Å². The molecule has 0 bridgehead atoms. The minimum Gasteiger partial charge on any atom is -0.365 e. The van der Waals surface area contributed by atoms with Crippen molar-refractivity contribution in [3.05, 3.63) is 11.8 Å². The Balaban J connectivity index is 2.29. The molecule has 0 aromatic carbocycles. The van der Waals surface area contributed by atoms with Crippen molar-refractivity contribution >= 4 is 11.6 Å². The van der Waals surface area contributed by atoms with Crippen molar-refractivity contribution in [2.75, 3.05) is 11.9 Å². The van der Waals surface area contributed by atoms with Crippen molar-refractivity contribution in [1.29, 1.82) is 0 Å². The van der Waals surface area contributed by atoms with Gasteiger partial charge in [-0.1, -0.05) is 13.8 Å². The number of carbonyl (C=O) groups is 1. The lowest BCUT2D eigenvalue weighted by atomic mass is 10.0. The summed E-state index contributed by atoms with van der Waals surface area (Å²) < 4.78 is 4.46. The molecule has 0 unspecified atom stereocenters. The molecule has 0 radical (unpaired) electrons. The summed E-state index contributed by atoms with van der Waals surface area (Å²) in [6.07, 6.45) is 2.66. The average Bonchev–Trinajstić information content (AvgIpc) is 2.80. The highest BCUT2D eigenvalue weighted by Gasteiger charge is 2.28. The largest absolute Gasteiger partial charge is 0.365 e. The van der Waals surface area contributed by atoms with Crippen molar-refractivity contribution in [3.8, 4) is 0 Å². The van der Waals surface area contributed by atoms with Crippen LogP contribution in [0.25, 0.3) is 0 Å². The molecular formula is C13H22N3O+. The normalized spacial score (nSPS) is 14.2. The van der Waals surface area contributed by atoms with Gasteiger partial charge in [-0.05, 0) is 13.8 Å². The zero-order chi connectivity index (χ0) is 12.6. The number of Topliss-reactive ketones (excluding diaryl/α,β-unsaturated/α-hetero) is 1. The van der Waals surface area contributed by atoms with Gasteiger partial charge in [-0.25, -0.2) is 0 Å². The van der Waals surface area contributed by atoms with Gasteiger partial charge in [0, 0.05) is 18.9 Å². The molecule has 0 amide bonds. The van der Waals surface area contributed by atoms with Crippen molar-refractivity contribution in [2.45, 2.75) is 46.7 Å². The van der Waals surface area contributed by atoms with Crippen LogP contribution in [0.3, 0.4) is 0 Å². The average molecular weight is 236 g/mol. The van der Waals surface area contributed by atoms with Crippen LogP contribution in [0.5, 0.6) is 0 Å². The van der Waals surface area contributed by atoms with Crippen LogP contribution in [-0.2, 0) is 17.8 Å². The van der Waals surface area contributed by atoms with Crippen molar-refractivity contribution < 1.29 is 9.48 Å². The summed E-state index contributed by atoms with van der Waals surface area (Å²) in [6, 6.07) is 0.427. The number of nitrogens with one attached hydrogen (secondary N) is 1. The van der Waals surface area contributed by atoms with E-state index < -0.39 is 0 Å². The number of aromatic nitrogens is 2. The monoisotopic (exact) mass is 236 g/mol. The molecule has 4 heteroatoms. The molecule has 0 aliphatic carbocycles. The summed E-state index contributed by atoms with van der Waals surface area (Å²) in [5, 5.41) is 3.38. The third-order valence-electron chi connectivity index (χ3n) is 3.28. The Kier molecular flexibility index (Phi) is 3.22. The fourth-order valence-corrected chi connectivity index (χ4v) is 2.23. The third-order valence-corrected chi connectivity index (χ3v) is 3.28. The summed E-state index contributed by atoms with van der Waals surface area (Å²) >= 11 is 0. The molecule has 1 aromatic heterocycles. The molecule has 0 fully saturated rings. The van der Waals surface area contributed by atoms with Gasteiger partial charge in [0.05, 0.1) is 12.1 Å². The molecule has 94 valence electrons. The number of fused-ring (bicyclic) bond motifs is 1.